The molecule has 2 heterocycles. The molecule has 7 nitrogen and oxygen atoms in total. The van der Waals surface area contributed by atoms with Gasteiger partial charge in [0.05, 0.1) is 21.3 Å². The second kappa shape index (κ2) is 7.21. The zero-order valence-corrected chi connectivity index (χ0v) is 14.9. The quantitative estimate of drug-likeness (QED) is 0.833. The summed E-state index contributed by atoms with van der Waals surface area (Å²) in [6, 6.07) is 3.49. The summed E-state index contributed by atoms with van der Waals surface area (Å²) in [7, 11) is 4.56. The van der Waals surface area contributed by atoms with Gasteiger partial charge in [0, 0.05) is 19.6 Å². The first-order chi connectivity index (χ1) is 12.1. The van der Waals surface area contributed by atoms with Crippen molar-refractivity contribution in [1.82, 2.24) is 9.80 Å². The molecule has 1 atom stereocenters. The van der Waals surface area contributed by atoms with Gasteiger partial charge in [-0.1, -0.05) is 0 Å². The molecule has 1 aromatic carbocycles. The van der Waals surface area contributed by atoms with E-state index in [0.29, 0.717) is 37.6 Å². The maximum atomic E-state index is 12.9. The molecule has 1 fully saturated rings. The molecule has 0 aromatic heterocycles. The Kier molecular flexibility index (Phi) is 5.01. The molecular formula is C18H24N2O5. The number of rotatable bonds is 3. The van der Waals surface area contributed by atoms with Crippen molar-refractivity contribution in [3.05, 3.63) is 23.3 Å². The number of amides is 2. The van der Waals surface area contributed by atoms with Crippen LogP contribution in [-0.4, -0.2) is 62.3 Å². The summed E-state index contributed by atoms with van der Waals surface area (Å²) in [5.74, 6) is 1.35. The van der Waals surface area contributed by atoms with E-state index in [2.05, 4.69) is 0 Å². The largest absolute Gasteiger partial charge is 0.493 e. The van der Waals surface area contributed by atoms with Crippen molar-refractivity contribution < 1.29 is 23.8 Å². The summed E-state index contributed by atoms with van der Waals surface area (Å²) in [4.78, 5) is 28.2. The van der Waals surface area contributed by atoms with Crippen LogP contribution in [0, 0.1) is 0 Å². The Hall–Kier alpha value is -2.44. The van der Waals surface area contributed by atoms with Crippen molar-refractivity contribution in [1.29, 1.82) is 0 Å². The van der Waals surface area contributed by atoms with E-state index in [-0.39, 0.29) is 5.91 Å². The van der Waals surface area contributed by atoms with Crippen molar-refractivity contribution in [2.45, 2.75) is 31.8 Å². The number of methoxy groups -OCH3 is 3. The van der Waals surface area contributed by atoms with Crippen LogP contribution in [0.1, 0.15) is 24.0 Å². The van der Waals surface area contributed by atoms with Crippen molar-refractivity contribution in [3.8, 4) is 11.5 Å². The number of fused-ring (bicyclic) bond motifs is 1. The summed E-state index contributed by atoms with van der Waals surface area (Å²) in [6.45, 7) is 1.71. The predicted octanol–water partition coefficient (Wildman–Crippen LogP) is 1.82. The van der Waals surface area contributed by atoms with E-state index in [9.17, 15) is 9.59 Å². The third-order valence-corrected chi connectivity index (χ3v) is 4.98. The highest BCUT2D eigenvalue weighted by molar-refractivity contribution is 5.86. The van der Waals surface area contributed by atoms with Gasteiger partial charge in [-0.25, -0.2) is 4.79 Å². The minimum absolute atomic E-state index is 0.0108. The number of carbonyl (C=O) groups is 2. The second-order valence-corrected chi connectivity index (χ2v) is 6.31. The molecule has 0 N–H and O–H groups in total. The van der Waals surface area contributed by atoms with Crippen LogP contribution in [0.15, 0.2) is 12.1 Å². The minimum atomic E-state index is -0.431. The van der Waals surface area contributed by atoms with Gasteiger partial charge in [0.15, 0.2) is 11.5 Å². The Morgan fingerprint density at radius 1 is 1.04 bits per heavy atom. The lowest BCUT2D eigenvalue weighted by Gasteiger charge is -2.33. The first-order valence-electron chi connectivity index (χ1n) is 8.46. The van der Waals surface area contributed by atoms with Crippen molar-refractivity contribution in [2.24, 2.45) is 0 Å². The van der Waals surface area contributed by atoms with E-state index in [1.165, 1.54) is 12.0 Å². The van der Waals surface area contributed by atoms with E-state index >= 15 is 0 Å². The Bertz CT molecular complexity index is 676. The highest BCUT2D eigenvalue weighted by Gasteiger charge is 2.38. The van der Waals surface area contributed by atoms with E-state index in [1.807, 2.05) is 17.0 Å². The average Bonchev–Trinajstić information content (AvgIpc) is 3.14. The Labute approximate surface area is 147 Å². The van der Waals surface area contributed by atoms with Crippen LogP contribution in [0.25, 0.3) is 0 Å². The summed E-state index contributed by atoms with van der Waals surface area (Å²) < 4.78 is 15.5. The van der Waals surface area contributed by atoms with Crippen molar-refractivity contribution in [3.63, 3.8) is 0 Å². The maximum Gasteiger partial charge on any atom is 0.410 e. The van der Waals surface area contributed by atoms with E-state index in [1.54, 1.807) is 14.2 Å². The van der Waals surface area contributed by atoms with Crippen LogP contribution in [0.5, 0.6) is 11.5 Å². The molecule has 0 spiro atoms. The van der Waals surface area contributed by atoms with E-state index < -0.39 is 12.1 Å². The molecule has 136 valence electrons. The second-order valence-electron chi connectivity index (χ2n) is 6.31. The van der Waals surface area contributed by atoms with Crippen molar-refractivity contribution in [2.75, 3.05) is 34.4 Å². The third kappa shape index (κ3) is 3.23. The molecule has 0 saturated carbocycles. The summed E-state index contributed by atoms with van der Waals surface area (Å²) >= 11 is 0. The van der Waals surface area contributed by atoms with Gasteiger partial charge in [0.1, 0.15) is 6.04 Å². The molecular weight excluding hydrogens is 324 g/mol. The highest BCUT2D eigenvalue weighted by Crippen LogP contribution is 2.33. The molecule has 2 aliphatic heterocycles. The lowest BCUT2D eigenvalue weighted by atomic mass is 9.98. The topological polar surface area (TPSA) is 68.3 Å². The molecule has 25 heavy (non-hydrogen) atoms. The van der Waals surface area contributed by atoms with E-state index in [4.69, 9.17) is 14.2 Å². The Balaban J connectivity index is 1.78. The van der Waals surface area contributed by atoms with Crippen LogP contribution in [0.2, 0.25) is 0 Å². The predicted molar refractivity (Wildman–Crippen MR) is 90.8 cm³/mol. The van der Waals surface area contributed by atoms with Gasteiger partial charge in [-0.3, -0.25) is 9.69 Å². The molecule has 0 radical (unpaired) electrons. The summed E-state index contributed by atoms with van der Waals surface area (Å²) in [5.41, 5.74) is 2.22. The molecule has 7 heteroatoms. The fourth-order valence-corrected chi connectivity index (χ4v) is 3.64. The number of hydrogen-bond acceptors (Lipinski definition) is 5. The molecule has 3 rings (SSSR count). The van der Waals surface area contributed by atoms with Crippen LogP contribution in [0.3, 0.4) is 0 Å². The number of nitrogens with zero attached hydrogens (tertiary/aromatic N) is 2. The first-order valence-corrected chi connectivity index (χ1v) is 8.46. The standard InChI is InChI=1S/C18H24N2O5/c1-23-15-9-12-6-8-19(11-13(12)10-16(15)24-2)17(21)14-5-4-7-20(14)18(22)25-3/h9-10,14H,4-8,11H2,1-3H3. The van der Waals surface area contributed by atoms with Crippen LogP contribution in [0.4, 0.5) is 4.79 Å². The van der Waals surface area contributed by atoms with Gasteiger partial charge in [0.2, 0.25) is 5.91 Å². The highest BCUT2D eigenvalue weighted by atomic mass is 16.5. The van der Waals surface area contributed by atoms with Crippen LogP contribution in [-0.2, 0) is 22.5 Å². The monoisotopic (exact) mass is 348 g/mol. The zero-order chi connectivity index (χ0) is 18.0. The number of ether oxygens (including phenoxy) is 3. The van der Waals surface area contributed by atoms with Crippen LogP contribution >= 0.6 is 0 Å². The Morgan fingerprint density at radius 2 is 1.72 bits per heavy atom. The SMILES string of the molecule is COC(=O)N1CCCC1C(=O)N1CCc2cc(OC)c(OC)cc2C1. The number of benzene rings is 1. The molecule has 1 unspecified atom stereocenters. The summed E-state index contributed by atoms with van der Waals surface area (Å²) in [6.07, 6.45) is 1.83. The lowest BCUT2D eigenvalue weighted by Crippen LogP contribution is -2.49. The Morgan fingerprint density at radius 3 is 2.36 bits per heavy atom. The fourth-order valence-electron chi connectivity index (χ4n) is 3.64. The lowest BCUT2D eigenvalue weighted by molar-refractivity contribution is -0.136. The third-order valence-electron chi connectivity index (χ3n) is 4.98. The van der Waals surface area contributed by atoms with Gasteiger partial charge in [-0.2, -0.15) is 0 Å². The zero-order valence-electron chi connectivity index (χ0n) is 14.9. The molecule has 0 aliphatic carbocycles. The molecule has 1 saturated heterocycles. The van der Waals surface area contributed by atoms with Gasteiger partial charge in [-0.15, -0.1) is 0 Å². The molecule has 1 aromatic rings. The average molecular weight is 348 g/mol. The van der Waals surface area contributed by atoms with Crippen molar-refractivity contribution >= 4 is 12.0 Å². The molecule has 2 aliphatic rings. The fraction of sp³-hybridized carbons (Fsp3) is 0.556. The number of carbonyl (C=O) groups excluding carboxylic acids is 2. The number of hydrogen-bond donors (Lipinski definition) is 0. The maximum absolute atomic E-state index is 12.9. The molecule has 2 amide bonds. The summed E-state index contributed by atoms with van der Waals surface area (Å²) in [5, 5.41) is 0. The van der Waals surface area contributed by atoms with Gasteiger partial charge in [0.25, 0.3) is 0 Å². The first kappa shape index (κ1) is 17.4. The van der Waals surface area contributed by atoms with Gasteiger partial charge >= 0.3 is 6.09 Å². The smallest absolute Gasteiger partial charge is 0.410 e. The van der Waals surface area contributed by atoms with Gasteiger partial charge < -0.3 is 19.1 Å². The molecule has 0 bridgehead atoms. The minimum Gasteiger partial charge on any atom is -0.493 e. The van der Waals surface area contributed by atoms with E-state index in [0.717, 1.165) is 24.0 Å². The normalized spacial score (nSPS) is 19.4. The number of likely N-dealkylation sites (tertiary alicyclic amines) is 1. The van der Waals surface area contributed by atoms with Crippen LogP contribution < -0.4 is 9.47 Å². The van der Waals surface area contributed by atoms with Gasteiger partial charge in [-0.05, 0) is 42.5 Å².